The molecular formula is C11H18N2S. The van der Waals surface area contributed by atoms with Gasteiger partial charge in [-0.25, -0.2) is 0 Å². The molecule has 14 heavy (non-hydrogen) atoms. The van der Waals surface area contributed by atoms with E-state index >= 15 is 0 Å². The molecule has 0 amide bonds. The number of nitrogen functional groups attached to an aromatic ring is 1. The summed E-state index contributed by atoms with van der Waals surface area (Å²) in [5.74, 6) is 1.25. The number of unbranched alkanes of at least 4 members (excludes halogenated alkanes) is 1. The Balaban J connectivity index is 2.18. The minimum atomic E-state index is 0.819. The predicted octanol–water partition coefficient (Wildman–Crippen LogP) is 2.82. The number of benzene rings is 1. The Morgan fingerprint density at radius 1 is 1.36 bits per heavy atom. The van der Waals surface area contributed by atoms with Gasteiger partial charge in [-0.05, 0) is 43.0 Å². The largest absolute Gasteiger partial charge is 0.399 e. The Labute approximate surface area is 90.3 Å². The lowest BCUT2D eigenvalue weighted by molar-refractivity contribution is 0.843. The van der Waals surface area contributed by atoms with Crippen LogP contribution in [0.25, 0.3) is 0 Å². The van der Waals surface area contributed by atoms with E-state index in [0.29, 0.717) is 0 Å². The van der Waals surface area contributed by atoms with E-state index in [1.165, 1.54) is 18.6 Å². The van der Waals surface area contributed by atoms with Gasteiger partial charge in [-0.1, -0.05) is 6.07 Å². The van der Waals surface area contributed by atoms with Gasteiger partial charge < -0.3 is 11.1 Å². The quantitative estimate of drug-likeness (QED) is 0.560. The second-order valence-corrected chi connectivity index (χ2v) is 4.24. The molecule has 1 aromatic carbocycles. The highest BCUT2D eigenvalue weighted by atomic mass is 32.2. The van der Waals surface area contributed by atoms with Crippen molar-refractivity contribution in [1.82, 2.24) is 0 Å². The molecule has 1 aromatic rings. The fourth-order valence-electron chi connectivity index (χ4n) is 1.25. The zero-order valence-corrected chi connectivity index (χ0v) is 9.44. The molecule has 3 heteroatoms. The van der Waals surface area contributed by atoms with Crippen molar-refractivity contribution in [3.8, 4) is 0 Å². The summed E-state index contributed by atoms with van der Waals surface area (Å²) in [4.78, 5) is 0. The summed E-state index contributed by atoms with van der Waals surface area (Å²) in [5, 5.41) is 3.36. The van der Waals surface area contributed by atoms with Gasteiger partial charge in [0, 0.05) is 17.9 Å². The second-order valence-electron chi connectivity index (χ2n) is 3.25. The first-order chi connectivity index (χ1) is 6.83. The molecule has 0 aromatic heterocycles. The number of nitrogens with two attached hydrogens (primary N) is 1. The Hall–Kier alpha value is -0.830. The summed E-state index contributed by atoms with van der Waals surface area (Å²) in [6.07, 6.45) is 4.64. The van der Waals surface area contributed by atoms with Crippen LogP contribution in [0.15, 0.2) is 24.3 Å². The van der Waals surface area contributed by atoms with Crippen LogP contribution in [-0.2, 0) is 0 Å². The zero-order valence-electron chi connectivity index (χ0n) is 8.62. The first-order valence-corrected chi connectivity index (χ1v) is 6.30. The molecule has 0 radical (unpaired) electrons. The lowest BCUT2D eigenvalue weighted by Crippen LogP contribution is -2.02. The molecule has 0 aliphatic carbocycles. The molecule has 0 atom stereocenters. The summed E-state index contributed by atoms with van der Waals surface area (Å²) in [5.41, 5.74) is 7.61. The van der Waals surface area contributed by atoms with Crippen molar-refractivity contribution in [3.05, 3.63) is 24.3 Å². The number of thioether (sulfide) groups is 1. The fraction of sp³-hybridized carbons (Fsp3) is 0.455. The summed E-state index contributed by atoms with van der Waals surface area (Å²) < 4.78 is 0. The van der Waals surface area contributed by atoms with Gasteiger partial charge in [0.25, 0.3) is 0 Å². The molecule has 3 N–H and O–H groups in total. The van der Waals surface area contributed by atoms with Gasteiger partial charge in [0.1, 0.15) is 0 Å². The summed E-state index contributed by atoms with van der Waals surface area (Å²) in [6.45, 7) is 1.03. The van der Waals surface area contributed by atoms with E-state index in [0.717, 1.165) is 17.9 Å². The summed E-state index contributed by atoms with van der Waals surface area (Å²) >= 11 is 1.90. The smallest absolute Gasteiger partial charge is 0.0360 e. The Kier molecular flexibility index (Phi) is 5.30. The normalized spacial score (nSPS) is 10.1. The molecule has 0 aliphatic heterocycles. The average Bonchev–Trinajstić information content (AvgIpc) is 2.18. The molecule has 0 saturated carbocycles. The third-order valence-electron chi connectivity index (χ3n) is 1.99. The summed E-state index contributed by atoms with van der Waals surface area (Å²) in [7, 11) is 0. The predicted molar refractivity (Wildman–Crippen MR) is 67.0 cm³/mol. The van der Waals surface area contributed by atoms with Gasteiger partial charge in [0.15, 0.2) is 0 Å². The zero-order chi connectivity index (χ0) is 10.2. The van der Waals surface area contributed by atoms with E-state index in [9.17, 15) is 0 Å². The summed E-state index contributed by atoms with van der Waals surface area (Å²) in [6, 6.07) is 7.89. The van der Waals surface area contributed by atoms with Crippen LogP contribution >= 0.6 is 11.8 Å². The highest BCUT2D eigenvalue weighted by molar-refractivity contribution is 7.98. The van der Waals surface area contributed by atoms with E-state index in [1.54, 1.807) is 0 Å². The molecular weight excluding hydrogens is 192 g/mol. The Morgan fingerprint density at radius 2 is 2.21 bits per heavy atom. The van der Waals surface area contributed by atoms with Crippen LogP contribution in [0.4, 0.5) is 11.4 Å². The van der Waals surface area contributed by atoms with Crippen LogP contribution in [0.5, 0.6) is 0 Å². The van der Waals surface area contributed by atoms with Crippen LogP contribution in [0, 0.1) is 0 Å². The van der Waals surface area contributed by atoms with Crippen LogP contribution in [0.2, 0.25) is 0 Å². The first kappa shape index (κ1) is 11.2. The molecule has 78 valence electrons. The molecule has 0 unspecified atom stereocenters. The van der Waals surface area contributed by atoms with E-state index in [-0.39, 0.29) is 0 Å². The average molecular weight is 210 g/mol. The second kappa shape index (κ2) is 6.60. The fourth-order valence-corrected chi connectivity index (χ4v) is 1.75. The van der Waals surface area contributed by atoms with E-state index in [2.05, 4.69) is 11.6 Å². The maximum Gasteiger partial charge on any atom is 0.0360 e. The molecule has 2 nitrogen and oxygen atoms in total. The number of nitrogens with one attached hydrogen (secondary N) is 1. The standard InChI is InChI=1S/C11H18N2S/c1-14-8-3-2-7-13-11-6-4-5-10(12)9-11/h4-6,9,13H,2-3,7-8,12H2,1H3. The maximum absolute atomic E-state index is 5.67. The minimum absolute atomic E-state index is 0.819. The first-order valence-electron chi connectivity index (χ1n) is 4.91. The van der Waals surface area contributed by atoms with Gasteiger partial charge in [0.05, 0.1) is 0 Å². The van der Waals surface area contributed by atoms with Crippen molar-refractivity contribution < 1.29 is 0 Å². The number of anilines is 2. The van der Waals surface area contributed by atoms with Crippen molar-refractivity contribution in [3.63, 3.8) is 0 Å². The van der Waals surface area contributed by atoms with E-state index < -0.39 is 0 Å². The molecule has 1 rings (SSSR count). The van der Waals surface area contributed by atoms with E-state index in [4.69, 9.17) is 5.73 Å². The van der Waals surface area contributed by atoms with Crippen molar-refractivity contribution >= 4 is 23.1 Å². The van der Waals surface area contributed by atoms with Crippen molar-refractivity contribution in [2.75, 3.05) is 29.6 Å². The third kappa shape index (κ3) is 4.42. The minimum Gasteiger partial charge on any atom is -0.399 e. The maximum atomic E-state index is 5.67. The lowest BCUT2D eigenvalue weighted by atomic mass is 10.2. The number of hydrogen-bond acceptors (Lipinski definition) is 3. The van der Waals surface area contributed by atoms with Gasteiger partial charge in [0.2, 0.25) is 0 Å². The highest BCUT2D eigenvalue weighted by Crippen LogP contribution is 2.11. The Bertz CT molecular complexity index is 263. The molecule has 0 spiro atoms. The lowest BCUT2D eigenvalue weighted by Gasteiger charge is -2.06. The van der Waals surface area contributed by atoms with Gasteiger partial charge in [-0.3, -0.25) is 0 Å². The Morgan fingerprint density at radius 3 is 2.93 bits per heavy atom. The van der Waals surface area contributed by atoms with E-state index in [1.807, 2.05) is 36.0 Å². The third-order valence-corrected chi connectivity index (χ3v) is 2.69. The van der Waals surface area contributed by atoms with Crippen LogP contribution in [0.3, 0.4) is 0 Å². The van der Waals surface area contributed by atoms with Gasteiger partial charge >= 0.3 is 0 Å². The molecule has 0 saturated heterocycles. The molecule has 0 aliphatic rings. The van der Waals surface area contributed by atoms with Crippen molar-refractivity contribution in [2.24, 2.45) is 0 Å². The number of rotatable bonds is 6. The van der Waals surface area contributed by atoms with Gasteiger partial charge in [-0.2, -0.15) is 11.8 Å². The van der Waals surface area contributed by atoms with Crippen molar-refractivity contribution in [1.29, 1.82) is 0 Å². The monoisotopic (exact) mass is 210 g/mol. The van der Waals surface area contributed by atoms with Crippen molar-refractivity contribution in [2.45, 2.75) is 12.8 Å². The topological polar surface area (TPSA) is 38.0 Å². The highest BCUT2D eigenvalue weighted by Gasteiger charge is 1.92. The van der Waals surface area contributed by atoms with Crippen LogP contribution in [-0.4, -0.2) is 18.6 Å². The molecule has 0 bridgehead atoms. The molecule has 0 heterocycles. The van der Waals surface area contributed by atoms with Gasteiger partial charge in [-0.15, -0.1) is 0 Å². The number of hydrogen-bond donors (Lipinski definition) is 2. The van der Waals surface area contributed by atoms with Crippen LogP contribution in [0.1, 0.15) is 12.8 Å². The SMILES string of the molecule is CSCCCCNc1cccc(N)c1. The molecule has 0 fully saturated rings. The van der Waals surface area contributed by atoms with Crippen LogP contribution < -0.4 is 11.1 Å².